The molecule has 2 rings (SSSR count). The molecule has 0 bridgehead atoms. The predicted octanol–water partition coefficient (Wildman–Crippen LogP) is 4.97. The molecule has 0 amide bonds. The first-order chi connectivity index (χ1) is 9.40. The third kappa shape index (κ3) is 2.88. The first-order valence-corrected chi connectivity index (χ1v) is 6.78. The number of aromatic hydroxyl groups is 1. The largest absolute Gasteiger partial charge is 0.507 e. The minimum atomic E-state index is -0.429. The van der Waals surface area contributed by atoms with Crippen molar-refractivity contribution < 1.29 is 9.50 Å². The number of aryl methyl sites for hydroxylation is 1. The Labute approximate surface area is 123 Å². The van der Waals surface area contributed by atoms with E-state index in [2.05, 4.69) is 5.32 Å². The van der Waals surface area contributed by atoms with Gasteiger partial charge in [0.25, 0.3) is 0 Å². The zero-order valence-electron chi connectivity index (χ0n) is 11.7. The molecule has 0 spiro atoms. The summed E-state index contributed by atoms with van der Waals surface area (Å²) < 4.78 is 13.5. The Morgan fingerprint density at radius 2 is 1.90 bits per heavy atom. The maximum atomic E-state index is 13.5. The molecule has 0 aliphatic carbocycles. The number of hydrogen-bond donors (Lipinski definition) is 2. The lowest BCUT2D eigenvalue weighted by atomic mass is 10.1. The van der Waals surface area contributed by atoms with Crippen LogP contribution in [0.15, 0.2) is 30.3 Å². The number of anilines is 1. The van der Waals surface area contributed by atoms with Crippen LogP contribution in [0.1, 0.15) is 29.7 Å². The fourth-order valence-corrected chi connectivity index (χ4v) is 2.21. The number of benzene rings is 2. The van der Waals surface area contributed by atoms with Gasteiger partial charge < -0.3 is 10.4 Å². The smallest absolute Gasteiger partial charge is 0.142 e. The van der Waals surface area contributed by atoms with Crippen molar-refractivity contribution >= 4 is 17.3 Å². The second-order valence-corrected chi connectivity index (χ2v) is 5.35. The molecule has 2 N–H and O–H groups in total. The van der Waals surface area contributed by atoms with Crippen molar-refractivity contribution in [1.82, 2.24) is 0 Å². The standard InChI is InChI=1S/C16H17ClFNO/c1-9-4-7-15(10(2)16(9)20)19-11(3)12-5-6-13(17)14(18)8-12/h4-8,11,19-20H,1-3H3. The van der Waals surface area contributed by atoms with Crippen molar-refractivity contribution in [1.29, 1.82) is 0 Å². The molecule has 2 aromatic rings. The summed E-state index contributed by atoms with van der Waals surface area (Å²) in [6.45, 7) is 5.63. The van der Waals surface area contributed by atoms with Gasteiger partial charge in [-0.25, -0.2) is 4.39 Å². The van der Waals surface area contributed by atoms with Crippen molar-refractivity contribution in [2.75, 3.05) is 5.32 Å². The summed E-state index contributed by atoms with van der Waals surface area (Å²) >= 11 is 5.68. The normalized spacial score (nSPS) is 12.2. The Kier molecular flexibility index (Phi) is 4.19. The molecule has 106 valence electrons. The molecule has 0 aliphatic heterocycles. The lowest BCUT2D eigenvalue weighted by molar-refractivity contribution is 0.467. The van der Waals surface area contributed by atoms with E-state index < -0.39 is 5.82 Å². The molecule has 1 atom stereocenters. The first-order valence-electron chi connectivity index (χ1n) is 6.40. The number of phenolic OH excluding ortho intramolecular Hbond substituents is 1. The zero-order valence-corrected chi connectivity index (χ0v) is 12.4. The summed E-state index contributed by atoms with van der Waals surface area (Å²) in [4.78, 5) is 0. The van der Waals surface area contributed by atoms with E-state index in [0.29, 0.717) is 0 Å². The van der Waals surface area contributed by atoms with Crippen LogP contribution in [-0.2, 0) is 0 Å². The molecule has 0 radical (unpaired) electrons. The Balaban J connectivity index is 2.25. The summed E-state index contributed by atoms with van der Waals surface area (Å²) in [5.74, 6) is -0.147. The third-order valence-corrected chi connectivity index (χ3v) is 3.75. The maximum absolute atomic E-state index is 13.5. The molecule has 0 aromatic heterocycles. The van der Waals surface area contributed by atoms with Gasteiger partial charge in [0.05, 0.1) is 5.02 Å². The minimum Gasteiger partial charge on any atom is -0.507 e. The molecule has 0 saturated heterocycles. The quantitative estimate of drug-likeness (QED) is 0.837. The Morgan fingerprint density at radius 1 is 1.20 bits per heavy atom. The SMILES string of the molecule is Cc1ccc(NC(C)c2ccc(Cl)c(F)c2)c(C)c1O. The van der Waals surface area contributed by atoms with Crippen LogP contribution in [0, 0.1) is 19.7 Å². The van der Waals surface area contributed by atoms with Gasteiger partial charge in [0.1, 0.15) is 11.6 Å². The zero-order chi connectivity index (χ0) is 14.9. The molecule has 0 heterocycles. The number of hydrogen-bond acceptors (Lipinski definition) is 2. The van der Waals surface area contributed by atoms with Gasteiger partial charge in [-0.05, 0) is 50.1 Å². The maximum Gasteiger partial charge on any atom is 0.142 e. The molecule has 2 nitrogen and oxygen atoms in total. The predicted molar refractivity (Wildman–Crippen MR) is 81.0 cm³/mol. The van der Waals surface area contributed by atoms with Crippen LogP contribution in [-0.4, -0.2) is 5.11 Å². The van der Waals surface area contributed by atoms with Gasteiger partial charge in [0.2, 0.25) is 0 Å². The Bertz CT molecular complexity index is 643. The fourth-order valence-electron chi connectivity index (χ4n) is 2.09. The highest BCUT2D eigenvalue weighted by Gasteiger charge is 2.11. The van der Waals surface area contributed by atoms with Crippen molar-refractivity contribution in [3.8, 4) is 5.75 Å². The van der Waals surface area contributed by atoms with Crippen LogP contribution < -0.4 is 5.32 Å². The highest BCUT2D eigenvalue weighted by molar-refractivity contribution is 6.30. The minimum absolute atomic E-state index is 0.0948. The molecular formula is C16H17ClFNO. The molecule has 2 aromatic carbocycles. The van der Waals surface area contributed by atoms with Crippen LogP contribution in [0.5, 0.6) is 5.75 Å². The average molecular weight is 294 g/mol. The fraction of sp³-hybridized carbons (Fsp3) is 0.250. The number of nitrogens with one attached hydrogen (secondary N) is 1. The van der Waals surface area contributed by atoms with E-state index in [-0.39, 0.29) is 16.8 Å². The van der Waals surface area contributed by atoms with E-state index in [1.54, 1.807) is 12.1 Å². The lowest BCUT2D eigenvalue weighted by Gasteiger charge is -2.19. The van der Waals surface area contributed by atoms with E-state index in [1.807, 2.05) is 32.9 Å². The molecule has 20 heavy (non-hydrogen) atoms. The molecule has 0 fully saturated rings. The average Bonchev–Trinajstić information content (AvgIpc) is 2.42. The van der Waals surface area contributed by atoms with Crippen molar-refractivity contribution in [3.05, 3.63) is 57.9 Å². The van der Waals surface area contributed by atoms with Crippen molar-refractivity contribution in [2.45, 2.75) is 26.8 Å². The van der Waals surface area contributed by atoms with Crippen molar-refractivity contribution in [2.24, 2.45) is 0 Å². The summed E-state index contributed by atoms with van der Waals surface area (Å²) in [5, 5.41) is 13.3. The van der Waals surface area contributed by atoms with Crippen LogP contribution in [0.4, 0.5) is 10.1 Å². The first kappa shape index (κ1) is 14.7. The van der Waals surface area contributed by atoms with E-state index in [4.69, 9.17) is 11.6 Å². The van der Waals surface area contributed by atoms with E-state index >= 15 is 0 Å². The molecular weight excluding hydrogens is 277 g/mol. The number of phenols is 1. The molecule has 0 aliphatic rings. The van der Waals surface area contributed by atoms with Gasteiger partial charge in [-0.3, -0.25) is 0 Å². The molecule has 4 heteroatoms. The van der Waals surface area contributed by atoms with E-state index in [9.17, 15) is 9.50 Å². The van der Waals surface area contributed by atoms with E-state index in [1.165, 1.54) is 6.07 Å². The highest BCUT2D eigenvalue weighted by atomic mass is 35.5. The van der Waals surface area contributed by atoms with Crippen LogP contribution >= 0.6 is 11.6 Å². The van der Waals surface area contributed by atoms with Gasteiger partial charge in [0.15, 0.2) is 0 Å². The number of halogens is 2. The van der Waals surface area contributed by atoms with Gasteiger partial charge in [-0.15, -0.1) is 0 Å². The van der Waals surface area contributed by atoms with Gasteiger partial charge in [0, 0.05) is 17.3 Å². The summed E-state index contributed by atoms with van der Waals surface area (Å²) in [6, 6.07) is 8.41. The van der Waals surface area contributed by atoms with Crippen LogP contribution in [0.2, 0.25) is 5.02 Å². The third-order valence-electron chi connectivity index (χ3n) is 3.45. The highest BCUT2D eigenvalue weighted by Crippen LogP contribution is 2.31. The molecule has 1 unspecified atom stereocenters. The monoisotopic (exact) mass is 293 g/mol. The lowest BCUT2D eigenvalue weighted by Crippen LogP contribution is -2.08. The second-order valence-electron chi connectivity index (χ2n) is 4.94. The topological polar surface area (TPSA) is 32.3 Å². The van der Waals surface area contributed by atoms with Crippen LogP contribution in [0.25, 0.3) is 0 Å². The van der Waals surface area contributed by atoms with E-state index in [0.717, 1.165) is 22.4 Å². The Morgan fingerprint density at radius 3 is 2.55 bits per heavy atom. The summed E-state index contributed by atoms with van der Waals surface area (Å²) in [7, 11) is 0. The van der Waals surface area contributed by atoms with Crippen molar-refractivity contribution in [3.63, 3.8) is 0 Å². The Hall–Kier alpha value is -1.74. The molecule has 0 saturated carbocycles. The van der Waals surface area contributed by atoms with Gasteiger partial charge >= 0.3 is 0 Å². The second kappa shape index (κ2) is 5.71. The van der Waals surface area contributed by atoms with Gasteiger partial charge in [-0.1, -0.05) is 23.7 Å². The number of rotatable bonds is 3. The summed E-state index contributed by atoms with van der Waals surface area (Å²) in [6.07, 6.45) is 0. The summed E-state index contributed by atoms with van der Waals surface area (Å²) in [5.41, 5.74) is 3.24. The van der Waals surface area contributed by atoms with Crippen LogP contribution in [0.3, 0.4) is 0 Å². The van der Waals surface area contributed by atoms with Gasteiger partial charge in [-0.2, -0.15) is 0 Å².